The van der Waals surface area contributed by atoms with E-state index in [-0.39, 0.29) is 24.2 Å². The Labute approximate surface area is 209 Å². The van der Waals surface area contributed by atoms with Gasteiger partial charge in [0.2, 0.25) is 0 Å². The molecule has 0 aliphatic carbocycles. The molecule has 2 aliphatic rings. The fourth-order valence-electron chi connectivity index (χ4n) is 4.89. The third kappa shape index (κ3) is 4.64. The summed E-state index contributed by atoms with van der Waals surface area (Å²) >= 11 is 0. The van der Waals surface area contributed by atoms with E-state index in [2.05, 4.69) is 5.32 Å². The van der Waals surface area contributed by atoms with Gasteiger partial charge >= 0.3 is 20.2 Å². The molecule has 0 fully saturated rings. The molecule has 0 radical (unpaired) electrons. The molecular formula is C24H28B2N2O8. The van der Waals surface area contributed by atoms with Crippen molar-refractivity contribution < 1.29 is 38.8 Å². The van der Waals surface area contributed by atoms with Gasteiger partial charge < -0.3 is 34.7 Å². The Hall–Kier alpha value is -3.18. The number of hydrogen-bond acceptors (Lipinski definition) is 7. The quantitative estimate of drug-likeness (QED) is 0.379. The van der Waals surface area contributed by atoms with Crippen molar-refractivity contribution in [2.24, 2.45) is 0 Å². The van der Waals surface area contributed by atoms with Crippen LogP contribution in [0.1, 0.15) is 59.5 Å². The second-order valence-electron chi connectivity index (χ2n) is 9.87. The van der Waals surface area contributed by atoms with Crippen molar-refractivity contribution >= 4 is 42.9 Å². The Morgan fingerprint density at radius 1 is 0.889 bits per heavy atom. The van der Waals surface area contributed by atoms with E-state index in [1.54, 1.807) is 58.0 Å². The van der Waals surface area contributed by atoms with Crippen molar-refractivity contribution in [3.05, 3.63) is 58.7 Å². The molecule has 2 aromatic rings. The summed E-state index contributed by atoms with van der Waals surface area (Å²) in [5.74, 6) is -2.31. The van der Waals surface area contributed by atoms with Gasteiger partial charge in [0, 0.05) is 35.1 Å². The van der Waals surface area contributed by atoms with Gasteiger partial charge in [-0.05, 0) is 51.0 Å². The molecule has 0 unspecified atom stereocenters. The first-order chi connectivity index (χ1) is 16.8. The highest BCUT2D eigenvalue weighted by Crippen LogP contribution is 2.31. The van der Waals surface area contributed by atoms with E-state index in [0.29, 0.717) is 22.1 Å². The molecule has 2 heterocycles. The first kappa shape index (κ1) is 25.9. The van der Waals surface area contributed by atoms with Gasteiger partial charge in [-0.15, -0.1) is 0 Å². The number of carbonyl (C=O) groups is 3. The standard InChI is InChI=1S/C24H28B2N2O8/c1-23(2)16-9-5-7-14(19(16)25(33)35-23)21(31)27-11-12-28(13-18(29)30)22(32)15-8-6-10-17-20(15)26(34)36-24(17,3)4/h5-10,33-34H,11-13H2,1-4H3,(H,27,31)(H,29,30). The zero-order chi connectivity index (χ0) is 26.4. The summed E-state index contributed by atoms with van der Waals surface area (Å²) in [6.45, 7) is 6.39. The normalized spacial score (nSPS) is 16.9. The monoisotopic (exact) mass is 494 g/mol. The number of rotatable bonds is 7. The Morgan fingerprint density at radius 2 is 1.39 bits per heavy atom. The Morgan fingerprint density at radius 3 is 1.92 bits per heavy atom. The second-order valence-corrected chi connectivity index (χ2v) is 9.87. The number of hydrogen-bond donors (Lipinski definition) is 4. The summed E-state index contributed by atoms with van der Waals surface area (Å²) < 4.78 is 11.1. The van der Waals surface area contributed by atoms with Crippen LogP contribution in [0.15, 0.2) is 36.4 Å². The molecule has 2 amide bonds. The van der Waals surface area contributed by atoms with Crippen molar-refractivity contribution in [2.45, 2.75) is 38.9 Å². The average Bonchev–Trinajstić information content (AvgIpc) is 3.19. The Kier molecular flexibility index (Phi) is 6.74. The van der Waals surface area contributed by atoms with Gasteiger partial charge in [-0.2, -0.15) is 0 Å². The largest absolute Gasteiger partial charge is 0.492 e. The van der Waals surface area contributed by atoms with E-state index >= 15 is 0 Å². The number of aliphatic carboxylic acids is 1. The van der Waals surface area contributed by atoms with Gasteiger partial charge in [-0.3, -0.25) is 14.4 Å². The van der Waals surface area contributed by atoms with E-state index in [1.165, 1.54) is 6.07 Å². The first-order valence-corrected chi connectivity index (χ1v) is 11.6. The zero-order valence-electron chi connectivity index (χ0n) is 20.6. The highest BCUT2D eigenvalue weighted by atomic mass is 16.5. The number of nitrogens with one attached hydrogen (secondary N) is 1. The van der Waals surface area contributed by atoms with Crippen LogP contribution in [0.4, 0.5) is 0 Å². The van der Waals surface area contributed by atoms with Crippen LogP contribution in [0.2, 0.25) is 0 Å². The molecule has 0 saturated heterocycles. The lowest BCUT2D eigenvalue weighted by Gasteiger charge is -2.23. The van der Waals surface area contributed by atoms with E-state index < -0.39 is 49.8 Å². The van der Waals surface area contributed by atoms with Crippen LogP contribution >= 0.6 is 0 Å². The fourth-order valence-corrected chi connectivity index (χ4v) is 4.89. The minimum atomic E-state index is -1.32. The van der Waals surface area contributed by atoms with Gasteiger partial charge in [0.05, 0.1) is 11.2 Å². The smallest absolute Gasteiger partial charge is 0.480 e. The third-order valence-corrected chi connectivity index (χ3v) is 6.57. The summed E-state index contributed by atoms with van der Waals surface area (Å²) in [5, 5.41) is 32.8. The van der Waals surface area contributed by atoms with Crippen LogP contribution in [0.25, 0.3) is 0 Å². The van der Waals surface area contributed by atoms with E-state index in [0.717, 1.165) is 4.90 Å². The zero-order valence-corrected chi connectivity index (χ0v) is 20.6. The van der Waals surface area contributed by atoms with Crippen LogP contribution in [0.3, 0.4) is 0 Å². The lowest BCUT2D eigenvalue weighted by atomic mass is 9.74. The number of amides is 2. The lowest BCUT2D eigenvalue weighted by molar-refractivity contribution is -0.137. The summed E-state index contributed by atoms with van der Waals surface area (Å²) in [6, 6.07) is 9.97. The van der Waals surface area contributed by atoms with Crippen molar-refractivity contribution in [3.8, 4) is 0 Å². The lowest BCUT2D eigenvalue weighted by Crippen LogP contribution is -2.45. The molecule has 4 rings (SSSR count). The van der Waals surface area contributed by atoms with Gasteiger partial charge in [0.15, 0.2) is 0 Å². The van der Waals surface area contributed by atoms with Crippen LogP contribution in [-0.4, -0.2) is 71.7 Å². The molecule has 0 atom stereocenters. The first-order valence-electron chi connectivity index (χ1n) is 11.6. The number of carbonyl (C=O) groups excluding carboxylic acids is 2. The molecule has 2 aromatic carbocycles. The number of benzene rings is 2. The molecule has 0 bridgehead atoms. The minimum Gasteiger partial charge on any atom is -0.480 e. The molecule has 188 valence electrons. The maximum atomic E-state index is 13.3. The summed E-state index contributed by atoms with van der Waals surface area (Å²) in [5.41, 5.74) is 0.854. The molecular weight excluding hydrogens is 466 g/mol. The van der Waals surface area contributed by atoms with E-state index in [4.69, 9.17) is 9.31 Å². The predicted molar refractivity (Wildman–Crippen MR) is 132 cm³/mol. The molecule has 0 saturated carbocycles. The summed E-state index contributed by atoms with van der Waals surface area (Å²) in [7, 11) is -2.57. The van der Waals surface area contributed by atoms with Crippen LogP contribution < -0.4 is 16.2 Å². The molecule has 4 N–H and O–H groups in total. The van der Waals surface area contributed by atoms with Gasteiger partial charge in [-0.25, -0.2) is 0 Å². The molecule has 36 heavy (non-hydrogen) atoms. The number of carboxylic acid groups (broad SMARTS) is 1. The maximum absolute atomic E-state index is 13.3. The van der Waals surface area contributed by atoms with Gasteiger partial charge in [0.25, 0.3) is 11.8 Å². The number of nitrogens with zero attached hydrogens (tertiary/aromatic N) is 1. The molecule has 12 heteroatoms. The Balaban J connectivity index is 1.51. The molecule has 0 spiro atoms. The average molecular weight is 494 g/mol. The predicted octanol–water partition coefficient (Wildman–Crippen LogP) is -0.451. The van der Waals surface area contributed by atoms with Crippen molar-refractivity contribution in [1.82, 2.24) is 10.2 Å². The van der Waals surface area contributed by atoms with Gasteiger partial charge in [0.1, 0.15) is 6.54 Å². The second kappa shape index (κ2) is 9.36. The Bertz CT molecular complexity index is 1230. The molecule has 0 aromatic heterocycles. The van der Waals surface area contributed by atoms with Crippen LogP contribution in [0, 0.1) is 0 Å². The van der Waals surface area contributed by atoms with Crippen molar-refractivity contribution in [3.63, 3.8) is 0 Å². The third-order valence-electron chi connectivity index (χ3n) is 6.57. The SMILES string of the molecule is CC1(C)OB(O)c2c(C(=O)NCCN(CC(=O)O)C(=O)c3cccc4c3B(O)OC4(C)C)cccc21. The maximum Gasteiger partial charge on any atom is 0.492 e. The summed E-state index contributed by atoms with van der Waals surface area (Å²) in [6.07, 6.45) is 0. The topological polar surface area (TPSA) is 146 Å². The van der Waals surface area contributed by atoms with E-state index in [9.17, 15) is 29.5 Å². The molecule has 10 nitrogen and oxygen atoms in total. The highest BCUT2D eigenvalue weighted by Gasteiger charge is 2.44. The van der Waals surface area contributed by atoms with Crippen LogP contribution in [-0.2, 0) is 25.3 Å². The number of carboxylic acids is 1. The van der Waals surface area contributed by atoms with Gasteiger partial charge in [-0.1, -0.05) is 24.3 Å². The highest BCUT2D eigenvalue weighted by molar-refractivity contribution is 6.64. The van der Waals surface area contributed by atoms with Crippen LogP contribution in [0.5, 0.6) is 0 Å². The van der Waals surface area contributed by atoms with Crippen molar-refractivity contribution in [1.29, 1.82) is 0 Å². The molecule has 2 aliphatic heterocycles. The van der Waals surface area contributed by atoms with Crippen molar-refractivity contribution in [2.75, 3.05) is 19.6 Å². The fraction of sp³-hybridized carbons (Fsp3) is 0.375. The minimum absolute atomic E-state index is 0.0402. The summed E-state index contributed by atoms with van der Waals surface area (Å²) in [4.78, 5) is 38.9. The van der Waals surface area contributed by atoms with E-state index in [1.807, 2.05) is 0 Å². The number of fused-ring (bicyclic) bond motifs is 2.